The Hall–Kier alpha value is -1.55. The fourth-order valence-corrected chi connectivity index (χ4v) is 3.12. The molecule has 0 aromatic heterocycles. The number of carbonyl (C=O) groups excluding carboxylic acids is 1. The zero-order chi connectivity index (χ0) is 14.5. The zero-order valence-electron chi connectivity index (χ0n) is 12.3. The van der Waals surface area contributed by atoms with Gasteiger partial charge < -0.3 is 15.4 Å². The fraction of sp³-hybridized carbons (Fsp3) is 0.562. The Labute approximate surface area is 120 Å². The summed E-state index contributed by atoms with van der Waals surface area (Å²) in [5, 5.41) is 0. The van der Waals surface area contributed by atoms with E-state index in [0.29, 0.717) is 24.9 Å². The van der Waals surface area contributed by atoms with Crippen molar-refractivity contribution < 1.29 is 9.53 Å². The third-order valence-corrected chi connectivity index (χ3v) is 4.35. The Bertz CT molecular complexity index is 462. The molecule has 1 aromatic rings. The standard InChI is InChI=1S/C16H24N2O2/c1-18(14-8-5-7-13(14)11-17)16(19)10-12-6-3-4-9-15(12)20-2/h3-4,6,9,13-14H,5,7-8,10-11,17H2,1-2H3. The Kier molecular flexibility index (Phi) is 5.01. The average molecular weight is 276 g/mol. The Morgan fingerprint density at radius 2 is 2.15 bits per heavy atom. The molecule has 1 saturated carbocycles. The predicted octanol–water partition coefficient (Wildman–Crippen LogP) is 1.82. The minimum Gasteiger partial charge on any atom is -0.496 e. The first kappa shape index (κ1) is 14.9. The molecule has 110 valence electrons. The SMILES string of the molecule is COc1ccccc1CC(=O)N(C)C1CCCC1CN. The van der Waals surface area contributed by atoms with E-state index in [1.54, 1.807) is 7.11 Å². The van der Waals surface area contributed by atoms with Crippen molar-refractivity contribution in [2.24, 2.45) is 11.7 Å². The van der Waals surface area contributed by atoms with Crippen molar-refractivity contribution in [1.29, 1.82) is 0 Å². The number of ether oxygens (including phenoxy) is 1. The second-order valence-corrected chi connectivity index (χ2v) is 5.49. The highest BCUT2D eigenvalue weighted by molar-refractivity contribution is 5.79. The molecule has 0 bridgehead atoms. The Balaban J connectivity index is 2.04. The second-order valence-electron chi connectivity index (χ2n) is 5.49. The number of benzene rings is 1. The van der Waals surface area contributed by atoms with Crippen molar-refractivity contribution >= 4 is 5.91 Å². The van der Waals surface area contributed by atoms with E-state index in [-0.39, 0.29) is 5.91 Å². The second kappa shape index (κ2) is 6.75. The van der Waals surface area contributed by atoms with Crippen molar-refractivity contribution in [2.75, 3.05) is 20.7 Å². The van der Waals surface area contributed by atoms with E-state index in [1.807, 2.05) is 36.2 Å². The normalized spacial score (nSPS) is 21.8. The Morgan fingerprint density at radius 1 is 1.40 bits per heavy atom. The molecule has 20 heavy (non-hydrogen) atoms. The molecule has 0 saturated heterocycles. The summed E-state index contributed by atoms with van der Waals surface area (Å²) in [7, 11) is 3.53. The van der Waals surface area contributed by atoms with Gasteiger partial charge in [0.1, 0.15) is 5.75 Å². The van der Waals surface area contributed by atoms with Crippen LogP contribution in [0.1, 0.15) is 24.8 Å². The fourth-order valence-electron chi connectivity index (χ4n) is 3.12. The van der Waals surface area contributed by atoms with Crippen LogP contribution in [0.3, 0.4) is 0 Å². The number of hydrogen-bond donors (Lipinski definition) is 1. The molecule has 0 aliphatic heterocycles. The van der Waals surface area contributed by atoms with Gasteiger partial charge in [0, 0.05) is 18.7 Å². The largest absolute Gasteiger partial charge is 0.496 e. The Morgan fingerprint density at radius 3 is 2.85 bits per heavy atom. The highest BCUT2D eigenvalue weighted by Gasteiger charge is 2.31. The highest BCUT2D eigenvalue weighted by Crippen LogP contribution is 2.29. The number of hydrogen-bond acceptors (Lipinski definition) is 3. The summed E-state index contributed by atoms with van der Waals surface area (Å²) < 4.78 is 5.30. The van der Waals surface area contributed by atoms with E-state index in [9.17, 15) is 4.79 Å². The van der Waals surface area contributed by atoms with Crippen LogP contribution in [0.25, 0.3) is 0 Å². The lowest BCUT2D eigenvalue weighted by Gasteiger charge is -2.29. The molecule has 0 spiro atoms. The van der Waals surface area contributed by atoms with Gasteiger partial charge in [-0.3, -0.25) is 4.79 Å². The van der Waals surface area contributed by atoms with E-state index in [0.717, 1.165) is 24.2 Å². The van der Waals surface area contributed by atoms with Gasteiger partial charge in [-0.1, -0.05) is 24.6 Å². The summed E-state index contributed by atoms with van der Waals surface area (Å²) in [6.45, 7) is 0.664. The van der Waals surface area contributed by atoms with Crippen molar-refractivity contribution in [3.63, 3.8) is 0 Å². The van der Waals surface area contributed by atoms with Gasteiger partial charge >= 0.3 is 0 Å². The van der Waals surface area contributed by atoms with Gasteiger partial charge in [-0.05, 0) is 31.4 Å². The van der Waals surface area contributed by atoms with Crippen LogP contribution < -0.4 is 10.5 Å². The van der Waals surface area contributed by atoms with E-state index in [4.69, 9.17) is 10.5 Å². The topological polar surface area (TPSA) is 55.6 Å². The van der Waals surface area contributed by atoms with Gasteiger partial charge in [0.25, 0.3) is 0 Å². The molecule has 2 N–H and O–H groups in total. The monoisotopic (exact) mass is 276 g/mol. The molecule has 1 fully saturated rings. The first-order valence-electron chi connectivity index (χ1n) is 7.25. The summed E-state index contributed by atoms with van der Waals surface area (Å²) in [6, 6.07) is 7.98. The number of carbonyl (C=O) groups is 1. The van der Waals surface area contributed by atoms with Crippen LogP contribution in [-0.4, -0.2) is 37.6 Å². The van der Waals surface area contributed by atoms with Crippen LogP contribution in [0, 0.1) is 5.92 Å². The molecule has 4 nitrogen and oxygen atoms in total. The minimum absolute atomic E-state index is 0.139. The highest BCUT2D eigenvalue weighted by atomic mass is 16.5. The number of nitrogens with two attached hydrogens (primary N) is 1. The number of nitrogens with zero attached hydrogens (tertiary/aromatic N) is 1. The number of amides is 1. The van der Waals surface area contributed by atoms with Crippen LogP contribution in [0.4, 0.5) is 0 Å². The maximum Gasteiger partial charge on any atom is 0.227 e. The maximum atomic E-state index is 12.5. The third kappa shape index (κ3) is 3.12. The van der Waals surface area contributed by atoms with Gasteiger partial charge in [0.15, 0.2) is 0 Å². The molecule has 2 unspecified atom stereocenters. The first-order chi connectivity index (χ1) is 9.67. The van der Waals surface area contributed by atoms with Crippen molar-refractivity contribution in [1.82, 2.24) is 4.90 Å². The number of methoxy groups -OCH3 is 1. The van der Waals surface area contributed by atoms with Crippen LogP contribution in [0.5, 0.6) is 5.75 Å². The van der Waals surface area contributed by atoms with Crippen LogP contribution in [-0.2, 0) is 11.2 Å². The van der Waals surface area contributed by atoms with Crippen LogP contribution in [0.2, 0.25) is 0 Å². The van der Waals surface area contributed by atoms with Gasteiger partial charge in [-0.15, -0.1) is 0 Å². The third-order valence-electron chi connectivity index (χ3n) is 4.35. The smallest absolute Gasteiger partial charge is 0.227 e. The molecule has 2 atom stereocenters. The number of para-hydroxylation sites is 1. The lowest BCUT2D eigenvalue weighted by atomic mass is 10.0. The van der Waals surface area contributed by atoms with Gasteiger partial charge in [-0.2, -0.15) is 0 Å². The molecule has 1 aliphatic carbocycles. The van der Waals surface area contributed by atoms with Crippen molar-refractivity contribution in [2.45, 2.75) is 31.7 Å². The summed E-state index contributed by atoms with van der Waals surface area (Å²) in [5.41, 5.74) is 6.74. The van der Waals surface area contributed by atoms with E-state index in [1.165, 1.54) is 6.42 Å². The quantitative estimate of drug-likeness (QED) is 0.892. The molecule has 4 heteroatoms. The number of likely N-dealkylation sites (N-methyl/N-ethyl adjacent to an activating group) is 1. The van der Waals surface area contributed by atoms with Crippen molar-refractivity contribution in [3.05, 3.63) is 29.8 Å². The molecular weight excluding hydrogens is 252 g/mol. The molecular formula is C16H24N2O2. The zero-order valence-corrected chi connectivity index (χ0v) is 12.3. The first-order valence-corrected chi connectivity index (χ1v) is 7.25. The van der Waals surface area contributed by atoms with Crippen molar-refractivity contribution in [3.8, 4) is 5.75 Å². The predicted molar refractivity (Wildman–Crippen MR) is 79.7 cm³/mol. The molecule has 1 aromatic carbocycles. The molecule has 1 amide bonds. The maximum absolute atomic E-state index is 12.5. The number of rotatable bonds is 5. The molecule has 1 aliphatic rings. The lowest BCUT2D eigenvalue weighted by molar-refractivity contribution is -0.131. The average Bonchev–Trinajstić information content (AvgIpc) is 2.95. The summed E-state index contributed by atoms with van der Waals surface area (Å²) in [6.07, 6.45) is 3.75. The summed E-state index contributed by atoms with van der Waals surface area (Å²) in [4.78, 5) is 14.3. The van der Waals surface area contributed by atoms with Gasteiger partial charge in [-0.25, -0.2) is 0 Å². The van der Waals surface area contributed by atoms with Crippen LogP contribution in [0.15, 0.2) is 24.3 Å². The minimum atomic E-state index is 0.139. The van der Waals surface area contributed by atoms with Crippen LogP contribution >= 0.6 is 0 Å². The molecule has 0 heterocycles. The van der Waals surface area contributed by atoms with E-state index < -0.39 is 0 Å². The molecule has 0 radical (unpaired) electrons. The van der Waals surface area contributed by atoms with E-state index in [2.05, 4.69) is 0 Å². The summed E-state index contributed by atoms with van der Waals surface area (Å²) >= 11 is 0. The lowest BCUT2D eigenvalue weighted by Crippen LogP contribution is -2.42. The van der Waals surface area contributed by atoms with Gasteiger partial charge in [0.2, 0.25) is 5.91 Å². The van der Waals surface area contributed by atoms with Gasteiger partial charge in [0.05, 0.1) is 13.5 Å². The van der Waals surface area contributed by atoms with E-state index >= 15 is 0 Å². The molecule has 2 rings (SSSR count). The summed E-state index contributed by atoms with van der Waals surface area (Å²) in [5.74, 6) is 1.36.